The van der Waals surface area contributed by atoms with Gasteiger partial charge in [0.05, 0.1) is 29.9 Å². The van der Waals surface area contributed by atoms with Gasteiger partial charge >= 0.3 is 6.09 Å². The maximum absolute atomic E-state index is 14.4. The molecule has 0 aliphatic carbocycles. The van der Waals surface area contributed by atoms with E-state index in [2.05, 4.69) is 15.3 Å². The molecule has 1 atom stereocenters. The zero-order chi connectivity index (χ0) is 24.5. The second-order valence-electron chi connectivity index (χ2n) is 8.92. The first-order valence-electron chi connectivity index (χ1n) is 10.8. The molecule has 1 aliphatic rings. The van der Waals surface area contributed by atoms with E-state index in [9.17, 15) is 9.18 Å². The maximum atomic E-state index is 14.4. The smallest absolute Gasteiger partial charge is 0.410 e. The molecule has 1 aromatic heterocycles. The van der Waals surface area contributed by atoms with Crippen molar-refractivity contribution in [2.45, 2.75) is 38.9 Å². The van der Waals surface area contributed by atoms with Gasteiger partial charge in [-0.2, -0.15) is 0 Å². The van der Waals surface area contributed by atoms with Gasteiger partial charge in [-0.05, 0) is 39.0 Å². The Labute approximate surface area is 202 Å². The number of aromatic nitrogens is 2. The minimum atomic E-state index is -0.575. The van der Waals surface area contributed by atoms with Gasteiger partial charge in [0, 0.05) is 24.4 Å². The summed E-state index contributed by atoms with van der Waals surface area (Å²) in [7, 11) is 1.54. The molecule has 0 spiro atoms. The van der Waals surface area contributed by atoms with Crippen molar-refractivity contribution in [3.8, 4) is 11.5 Å². The number of carbonyl (C=O) groups is 1. The third-order valence-corrected chi connectivity index (χ3v) is 5.51. The minimum Gasteiger partial charge on any atom is -0.493 e. The molecule has 8 nitrogen and oxygen atoms in total. The van der Waals surface area contributed by atoms with Gasteiger partial charge in [0.1, 0.15) is 23.9 Å². The van der Waals surface area contributed by atoms with Crippen LogP contribution < -0.4 is 14.8 Å². The number of benzene rings is 2. The Balaban J connectivity index is 1.59. The summed E-state index contributed by atoms with van der Waals surface area (Å²) < 4.78 is 31.6. The van der Waals surface area contributed by atoms with Gasteiger partial charge < -0.3 is 24.4 Å². The number of likely N-dealkylation sites (tertiary alicyclic amines) is 1. The highest BCUT2D eigenvalue weighted by Gasteiger charge is 2.31. The Kier molecular flexibility index (Phi) is 6.65. The number of methoxy groups -OCH3 is 1. The summed E-state index contributed by atoms with van der Waals surface area (Å²) in [6.07, 6.45) is 1.41. The first-order chi connectivity index (χ1) is 16.1. The molecular formula is C24H26ClFN4O4. The third kappa shape index (κ3) is 5.25. The highest BCUT2D eigenvalue weighted by Crippen LogP contribution is 2.36. The number of ether oxygens (including phenoxy) is 3. The third-order valence-electron chi connectivity index (χ3n) is 5.22. The monoisotopic (exact) mass is 488 g/mol. The molecule has 4 rings (SSSR count). The van der Waals surface area contributed by atoms with Crippen molar-refractivity contribution in [1.29, 1.82) is 0 Å². The number of nitrogens with one attached hydrogen (secondary N) is 1. The summed E-state index contributed by atoms with van der Waals surface area (Å²) in [6, 6.07) is 8.16. The summed E-state index contributed by atoms with van der Waals surface area (Å²) in [4.78, 5) is 22.6. The summed E-state index contributed by atoms with van der Waals surface area (Å²) in [6.45, 7) is 6.41. The standard InChI is InChI=1S/C24H26ClFN4O4/c1-24(2,3)34-23(31)30-9-8-14(12-30)33-20-10-15-18(11-19(20)32-4)27-13-28-22(15)29-17-7-5-6-16(25)21(17)26/h5-7,10-11,13-14H,8-9,12H2,1-4H3,(H,27,28,29). The SMILES string of the molecule is COc1cc2ncnc(Nc3cccc(Cl)c3F)c2cc1OC1CCN(C(=O)OC(C)(C)C)C1. The molecule has 34 heavy (non-hydrogen) atoms. The molecule has 1 unspecified atom stereocenters. The van der Waals surface area contributed by atoms with E-state index in [4.69, 9.17) is 25.8 Å². The Morgan fingerprint density at radius 3 is 2.76 bits per heavy atom. The predicted octanol–water partition coefficient (Wildman–Crippen LogP) is 5.56. The van der Waals surface area contributed by atoms with Crippen LogP contribution in [-0.4, -0.2) is 52.9 Å². The van der Waals surface area contributed by atoms with E-state index in [-0.39, 0.29) is 22.9 Å². The molecule has 2 heterocycles. The van der Waals surface area contributed by atoms with E-state index in [1.165, 1.54) is 19.5 Å². The van der Waals surface area contributed by atoms with Gasteiger partial charge in [-0.25, -0.2) is 19.2 Å². The molecule has 0 bridgehead atoms. The van der Waals surface area contributed by atoms with Crippen LogP contribution in [0.1, 0.15) is 27.2 Å². The van der Waals surface area contributed by atoms with E-state index in [1.807, 2.05) is 20.8 Å². The van der Waals surface area contributed by atoms with Crippen molar-refractivity contribution in [2.75, 3.05) is 25.5 Å². The highest BCUT2D eigenvalue weighted by molar-refractivity contribution is 6.31. The predicted molar refractivity (Wildman–Crippen MR) is 128 cm³/mol. The number of halogens is 2. The van der Waals surface area contributed by atoms with Gasteiger partial charge in [-0.3, -0.25) is 0 Å². The fourth-order valence-electron chi connectivity index (χ4n) is 3.64. The number of carbonyl (C=O) groups excluding carboxylic acids is 1. The van der Waals surface area contributed by atoms with Gasteiger partial charge in [0.15, 0.2) is 17.3 Å². The number of amides is 1. The van der Waals surface area contributed by atoms with Crippen molar-refractivity contribution in [2.24, 2.45) is 0 Å². The quantitative estimate of drug-likeness (QED) is 0.503. The lowest BCUT2D eigenvalue weighted by Crippen LogP contribution is -2.36. The van der Waals surface area contributed by atoms with E-state index in [0.717, 1.165) is 0 Å². The number of anilines is 2. The summed E-state index contributed by atoms with van der Waals surface area (Å²) in [5.41, 5.74) is 0.212. The van der Waals surface area contributed by atoms with Crippen LogP contribution in [0.25, 0.3) is 10.9 Å². The molecule has 0 saturated carbocycles. The molecule has 0 radical (unpaired) electrons. The highest BCUT2D eigenvalue weighted by atomic mass is 35.5. The average Bonchev–Trinajstić information content (AvgIpc) is 3.24. The van der Waals surface area contributed by atoms with Crippen LogP contribution in [0.3, 0.4) is 0 Å². The van der Waals surface area contributed by atoms with Crippen LogP contribution in [0.4, 0.5) is 20.7 Å². The molecule has 1 saturated heterocycles. The normalized spacial score (nSPS) is 15.9. The van der Waals surface area contributed by atoms with Crippen LogP contribution in [0.5, 0.6) is 11.5 Å². The van der Waals surface area contributed by atoms with E-state index < -0.39 is 11.4 Å². The summed E-state index contributed by atoms with van der Waals surface area (Å²) in [5, 5.41) is 3.60. The van der Waals surface area contributed by atoms with Crippen LogP contribution in [-0.2, 0) is 4.74 Å². The van der Waals surface area contributed by atoms with Crippen molar-refractivity contribution < 1.29 is 23.4 Å². The van der Waals surface area contributed by atoms with E-state index in [1.54, 1.807) is 29.2 Å². The molecule has 1 aliphatic heterocycles. The van der Waals surface area contributed by atoms with E-state index >= 15 is 0 Å². The summed E-state index contributed by atoms with van der Waals surface area (Å²) in [5.74, 6) is 0.770. The Hall–Kier alpha value is -3.33. The zero-order valence-corrected chi connectivity index (χ0v) is 20.1. The number of rotatable bonds is 5. The average molecular weight is 489 g/mol. The molecule has 1 amide bonds. The fourth-order valence-corrected chi connectivity index (χ4v) is 3.81. The number of nitrogens with zero attached hydrogens (tertiary/aromatic N) is 3. The van der Waals surface area contributed by atoms with Crippen molar-refractivity contribution in [1.82, 2.24) is 14.9 Å². The Morgan fingerprint density at radius 1 is 1.24 bits per heavy atom. The van der Waals surface area contributed by atoms with Gasteiger partial charge in [0.2, 0.25) is 0 Å². The Bertz CT molecular complexity index is 1220. The maximum Gasteiger partial charge on any atom is 0.410 e. The van der Waals surface area contributed by atoms with Gasteiger partial charge in [-0.15, -0.1) is 0 Å². The lowest BCUT2D eigenvalue weighted by Gasteiger charge is -2.24. The molecule has 3 aromatic rings. The van der Waals surface area contributed by atoms with Crippen LogP contribution in [0, 0.1) is 5.82 Å². The zero-order valence-electron chi connectivity index (χ0n) is 19.4. The first-order valence-corrected chi connectivity index (χ1v) is 11.2. The van der Waals surface area contributed by atoms with Gasteiger partial charge in [-0.1, -0.05) is 17.7 Å². The topological polar surface area (TPSA) is 85.8 Å². The van der Waals surface area contributed by atoms with Crippen LogP contribution in [0.15, 0.2) is 36.7 Å². The van der Waals surface area contributed by atoms with Crippen molar-refractivity contribution >= 4 is 40.1 Å². The molecule has 2 aromatic carbocycles. The molecule has 1 fully saturated rings. The lowest BCUT2D eigenvalue weighted by atomic mass is 10.2. The Morgan fingerprint density at radius 2 is 2.03 bits per heavy atom. The molecule has 180 valence electrons. The second-order valence-corrected chi connectivity index (χ2v) is 9.33. The second kappa shape index (κ2) is 9.50. The van der Waals surface area contributed by atoms with Crippen molar-refractivity contribution in [3.05, 3.63) is 47.5 Å². The van der Waals surface area contributed by atoms with Crippen LogP contribution >= 0.6 is 11.6 Å². The molecular weight excluding hydrogens is 463 g/mol. The molecule has 10 heteroatoms. The minimum absolute atomic E-state index is 0.00447. The van der Waals surface area contributed by atoms with E-state index in [0.29, 0.717) is 47.7 Å². The largest absolute Gasteiger partial charge is 0.493 e. The first kappa shape index (κ1) is 23.8. The number of fused-ring (bicyclic) bond motifs is 1. The van der Waals surface area contributed by atoms with Gasteiger partial charge in [0.25, 0.3) is 0 Å². The van der Waals surface area contributed by atoms with Crippen LogP contribution in [0.2, 0.25) is 5.02 Å². The lowest BCUT2D eigenvalue weighted by molar-refractivity contribution is 0.0275. The van der Waals surface area contributed by atoms with Crippen molar-refractivity contribution in [3.63, 3.8) is 0 Å². The molecule has 1 N–H and O–H groups in total. The summed E-state index contributed by atoms with van der Waals surface area (Å²) >= 11 is 5.91. The number of hydrogen-bond acceptors (Lipinski definition) is 7. The number of hydrogen-bond donors (Lipinski definition) is 1. The fraction of sp³-hybridized carbons (Fsp3) is 0.375.